The van der Waals surface area contributed by atoms with E-state index in [1.165, 1.54) is 31.2 Å². The van der Waals surface area contributed by atoms with Gasteiger partial charge >= 0.3 is 0 Å². The number of benzene rings is 1. The molecular formula is C15H21N5. The van der Waals surface area contributed by atoms with E-state index >= 15 is 0 Å². The molecule has 106 valence electrons. The van der Waals surface area contributed by atoms with Crippen LogP contribution in [0.1, 0.15) is 44.2 Å². The fourth-order valence-corrected chi connectivity index (χ4v) is 2.89. The molecule has 1 saturated carbocycles. The van der Waals surface area contributed by atoms with Gasteiger partial charge in [-0.05, 0) is 60.4 Å². The summed E-state index contributed by atoms with van der Waals surface area (Å²) in [4.78, 5) is 0. The van der Waals surface area contributed by atoms with E-state index in [1.807, 2.05) is 6.07 Å². The lowest BCUT2D eigenvalue weighted by molar-refractivity contribution is 0.452. The van der Waals surface area contributed by atoms with Crippen molar-refractivity contribution in [1.82, 2.24) is 25.5 Å². The van der Waals surface area contributed by atoms with Gasteiger partial charge in [0.2, 0.25) is 0 Å². The van der Waals surface area contributed by atoms with Crippen LogP contribution in [0.3, 0.4) is 0 Å². The number of tetrazole rings is 1. The Bertz CT molecular complexity index is 531. The number of aromatic nitrogens is 4. The smallest absolute Gasteiger partial charge is 0.143 e. The van der Waals surface area contributed by atoms with E-state index in [0.29, 0.717) is 6.04 Å². The van der Waals surface area contributed by atoms with Crippen LogP contribution in [-0.2, 0) is 0 Å². The van der Waals surface area contributed by atoms with Crippen LogP contribution in [0.25, 0.3) is 5.69 Å². The number of nitrogens with zero attached hydrogens (tertiary/aromatic N) is 4. The van der Waals surface area contributed by atoms with Crippen LogP contribution in [0.5, 0.6) is 0 Å². The quantitative estimate of drug-likeness (QED) is 0.907. The molecule has 0 spiro atoms. The Labute approximate surface area is 119 Å². The monoisotopic (exact) mass is 271 g/mol. The van der Waals surface area contributed by atoms with Crippen molar-refractivity contribution >= 4 is 0 Å². The third kappa shape index (κ3) is 3.04. The number of nitrogens with one attached hydrogen (secondary N) is 1. The van der Waals surface area contributed by atoms with Gasteiger partial charge in [0.25, 0.3) is 0 Å². The molecule has 1 N–H and O–H groups in total. The second-order valence-electron chi connectivity index (χ2n) is 5.63. The highest BCUT2D eigenvalue weighted by atomic mass is 15.5. The average Bonchev–Trinajstić information content (AvgIpc) is 3.18. The van der Waals surface area contributed by atoms with E-state index < -0.39 is 0 Å². The molecule has 0 radical (unpaired) electrons. The van der Waals surface area contributed by atoms with Gasteiger partial charge < -0.3 is 5.32 Å². The first-order valence-corrected chi connectivity index (χ1v) is 7.39. The summed E-state index contributed by atoms with van der Waals surface area (Å²) in [7, 11) is 0. The van der Waals surface area contributed by atoms with E-state index in [1.54, 1.807) is 11.0 Å². The summed E-state index contributed by atoms with van der Waals surface area (Å²) in [5, 5.41) is 14.9. The molecular weight excluding hydrogens is 250 g/mol. The van der Waals surface area contributed by atoms with Crippen LogP contribution < -0.4 is 5.32 Å². The topological polar surface area (TPSA) is 55.6 Å². The minimum absolute atomic E-state index is 0.354. The molecule has 5 nitrogen and oxygen atoms in total. The lowest BCUT2D eigenvalue weighted by Crippen LogP contribution is -2.24. The lowest BCUT2D eigenvalue weighted by Gasteiger charge is -2.18. The molecule has 3 rings (SSSR count). The Kier molecular flexibility index (Phi) is 4.06. The highest BCUT2D eigenvalue weighted by Crippen LogP contribution is 2.25. The fraction of sp³-hybridized carbons (Fsp3) is 0.533. The summed E-state index contributed by atoms with van der Waals surface area (Å²) >= 11 is 0. The predicted octanol–water partition coefficient (Wildman–Crippen LogP) is 2.50. The van der Waals surface area contributed by atoms with Gasteiger partial charge in [-0.1, -0.05) is 25.0 Å². The Morgan fingerprint density at radius 1 is 1.35 bits per heavy atom. The van der Waals surface area contributed by atoms with Crippen molar-refractivity contribution in [2.24, 2.45) is 5.92 Å². The maximum absolute atomic E-state index is 3.93. The first-order chi connectivity index (χ1) is 9.83. The Morgan fingerprint density at radius 3 is 2.95 bits per heavy atom. The molecule has 2 aromatic rings. The van der Waals surface area contributed by atoms with Crippen LogP contribution in [-0.4, -0.2) is 26.8 Å². The van der Waals surface area contributed by atoms with Crippen molar-refractivity contribution in [2.45, 2.75) is 38.6 Å². The molecule has 0 bridgehead atoms. The summed E-state index contributed by atoms with van der Waals surface area (Å²) in [6.07, 6.45) is 7.18. The van der Waals surface area contributed by atoms with Gasteiger partial charge in [-0.15, -0.1) is 5.10 Å². The van der Waals surface area contributed by atoms with Gasteiger partial charge in [-0.3, -0.25) is 0 Å². The molecule has 1 unspecified atom stereocenters. The van der Waals surface area contributed by atoms with Gasteiger partial charge in [0, 0.05) is 6.04 Å². The van der Waals surface area contributed by atoms with E-state index in [4.69, 9.17) is 0 Å². The minimum Gasteiger partial charge on any atom is -0.310 e. The molecule has 0 aliphatic heterocycles. The number of hydrogen-bond acceptors (Lipinski definition) is 4. The molecule has 1 aromatic heterocycles. The zero-order valence-corrected chi connectivity index (χ0v) is 11.9. The molecule has 0 amide bonds. The molecule has 1 fully saturated rings. The largest absolute Gasteiger partial charge is 0.310 e. The van der Waals surface area contributed by atoms with Crippen LogP contribution in [0, 0.1) is 5.92 Å². The summed E-state index contributed by atoms with van der Waals surface area (Å²) in [5.41, 5.74) is 2.28. The Balaban J connectivity index is 1.65. The summed E-state index contributed by atoms with van der Waals surface area (Å²) in [6.45, 7) is 3.34. The standard InChI is InChI=1S/C15H21N5/c1-12(16-10-13-5-2-3-6-13)14-7-4-8-15(9-14)20-11-17-18-19-20/h4,7-9,11-13,16H,2-3,5-6,10H2,1H3. The molecule has 1 aliphatic carbocycles. The summed E-state index contributed by atoms with van der Waals surface area (Å²) < 4.78 is 1.69. The zero-order chi connectivity index (χ0) is 13.8. The third-order valence-electron chi connectivity index (χ3n) is 4.17. The average molecular weight is 271 g/mol. The van der Waals surface area contributed by atoms with Crippen LogP contribution in [0.2, 0.25) is 0 Å². The second kappa shape index (κ2) is 6.13. The fourth-order valence-electron chi connectivity index (χ4n) is 2.89. The maximum atomic E-state index is 3.93. The SMILES string of the molecule is CC(NCC1CCCC1)c1cccc(-n2cnnn2)c1. The molecule has 5 heteroatoms. The Morgan fingerprint density at radius 2 is 2.20 bits per heavy atom. The van der Waals surface area contributed by atoms with Crippen molar-refractivity contribution in [2.75, 3.05) is 6.54 Å². The molecule has 1 aliphatic rings. The van der Waals surface area contributed by atoms with Crippen molar-refractivity contribution in [3.63, 3.8) is 0 Å². The molecule has 1 aromatic carbocycles. The molecule has 0 saturated heterocycles. The minimum atomic E-state index is 0.354. The molecule has 1 atom stereocenters. The van der Waals surface area contributed by atoms with Crippen molar-refractivity contribution in [1.29, 1.82) is 0 Å². The molecule has 20 heavy (non-hydrogen) atoms. The second-order valence-corrected chi connectivity index (χ2v) is 5.63. The van der Waals surface area contributed by atoms with Gasteiger partial charge in [0.1, 0.15) is 6.33 Å². The van der Waals surface area contributed by atoms with Crippen LogP contribution >= 0.6 is 0 Å². The number of rotatable bonds is 5. The van der Waals surface area contributed by atoms with E-state index in [2.05, 4.69) is 46.0 Å². The lowest BCUT2D eigenvalue weighted by atomic mass is 10.1. The molecule has 1 heterocycles. The highest BCUT2D eigenvalue weighted by molar-refractivity contribution is 5.35. The van der Waals surface area contributed by atoms with Crippen molar-refractivity contribution in [3.8, 4) is 5.69 Å². The number of hydrogen-bond donors (Lipinski definition) is 1. The summed E-state index contributed by atoms with van der Waals surface area (Å²) in [6, 6.07) is 8.72. The Hall–Kier alpha value is -1.75. The van der Waals surface area contributed by atoms with Crippen LogP contribution in [0.4, 0.5) is 0 Å². The van der Waals surface area contributed by atoms with Gasteiger partial charge in [-0.25, -0.2) is 4.68 Å². The normalized spacial score (nSPS) is 17.4. The third-order valence-corrected chi connectivity index (χ3v) is 4.17. The van der Waals surface area contributed by atoms with Crippen molar-refractivity contribution < 1.29 is 0 Å². The predicted molar refractivity (Wildman–Crippen MR) is 77.5 cm³/mol. The van der Waals surface area contributed by atoms with Gasteiger partial charge in [0.05, 0.1) is 5.69 Å². The summed E-state index contributed by atoms with van der Waals surface area (Å²) in [5.74, 6) is 0.861. The maximum Gasteiger partial charge on any atom is 0.143 e. The highest BCUT2D eigenvalue weighted by Gasteiger charge is 2.16. The van der Waals surface area contributed by atoms with E-state index in [9.17, 15) is 0 Å². The van der Waals surface area contributed by atoms with Crippen LogP contribution in [0.15, 0.2) is 30.6 Å². The van der Waals surface area contributed by atoms with Gasteiger partial charge in [0.15, 0.2) is 0 Å². The van der Waals surface area contributed by atoms with Gasteiger partial charge in [-0.2, -0.15) is 0 Å². The van der Waals surface area contributed by atoms with E-state index in [0.717, 1.165) is 18.2 Å². The van der Waals surface area contributed by atoms with Crippen molar-refractivity contribution in [3.05, 3.63) is 36.2 Å². The van der Waals surface area contributed by atoms with E-state index in [-0.39, 0.29) is 0 Å². The zero-order valence-electron chi connectivity index (χ0n) is 11.9. The first kappa shape index (κ1) is 13.2. The first-order valence-electron chi connectivity index (χ1n) is 7.39.